The summed E-state index contributed by atoms with van der Waals surface area (Å²) in [6, 6.07) is 9.81. The number of aryl methyl sites for hydroxylation is 1. The molecule has 0 saturated carbocycles. The first-order chi connectivity index (χ1) is 10.7. The second kappa shape index (κ2) is 8.32. The molecule has 118 valence electrons. The van der Waals surface area contributed by atoms with Crippen molar-refractivity contribution in [2.75, 3.05) is 6.54 Å². The zero-order chi connectivity index (χ0) is 15.8. The van der Waals surface area contributed by atoms with Crippen LogP contribution in [0, 0.1) is 6.92 Å². The standard InChI is InChI=1S/C17H23N3O2/c1-3-4-8-11-18-16(21)12-15(14-9-6-5-7-10-14)17-20-19-13(2)22-17/h5-7,9-10,15H,3-4,8,11-12H2,1-2H3,(H,18,21). The Balaban J connectivity index is 2.04. The lowest BCUT2D eigenvalue weighted by Gasteiger charge is -2.13. The van der Waals surface area contributed by atoms with Crippen LogP contribution in [0.15, 0.2) is 34.7 Å². The Morgan fingerprint density at radius 2 is 2.00 bits per heavy atom. The second-order valence-corrected chi connectivity index (χ2v) is 5.38. The van der Waals surface area contributed by atoms with E-state index in [1.54, 1.807) is 6.92 Å². The minimum Gasteiger partial charge on any atom is -0.425 e. The number of unbranched alkanes of at least 4 members (excludes halogenated alkanes) is 2. The van der Waals surface area contributed by atoms with E-state index in [4.69, 9.17) is 4.42 Å². The highest BCUT2D eigenvalue weighted by Gasteiger charge is 2.23. The van der Waals surface area contributed by atoms with Crippen molar-refractivity contribution in [3.63, 3.8) is 0 Å². The summed E-state index contributed by atoms with van der Waals surface area (Å²) in [5.41, 5.74) is 1.01. The first-order valence-electron chi connectivity index (χ1n) is 7.82. The van der Waals surface area contributed by atoms with Gasteiger partial charge in [0.05, 0.1) is 5.92 Å². The van der Waals surface area contributed by atoms with Crippen LogP contribution in [0.25, 0.3) is 0 Å². The number of hydrogen-bond donors (Lipinski definition) is 1. The van der Waals surface area contributed by atoms with Crippen LogP contribution in [0.1, 0.15) is 55.9 Å². The molecular weight excluding hydrogens is 278 g/mol. The molecule has 1 N–H and O–H groups in total. The van der Waals surface area contributed by atoms with Gasteiger partial charge in [-0.25, -0.2) is 0 Å². The highest BCUT2D eigenvalue weighted by atomic mass is 16.4. The molecule has 5 heteroatoms. The van der Waals surface area contributed by atoms with E-state index in [0.717, 1.165) is 31.4 Å². The van der Waals surface area contributed by atoms with Crippen molar-refractivity contribution in [2.24, 2.45) is 0 Å². The zero-order valence-electron chi connectivity index (χ0n) is 13.2. The van der Waals surface area contributed by atoms with Crippen molar-refractivity contribution < 1.29 is 9.21 Å². The van der Waals surface area contributed by atoms with Crippen molar-refractivity contribution >= 4 is 5.91 Å². The lowest BCUT2D eigenvalue weighted by Crippen LogP contribution is -2.26. The fourth-order valence-corrected chi connectivity index (χ4v) is 2.35. The SMILES string of the molecule is CCCCCNC(=O)CC(c1ccccc1)c1nnc(C)o1. The number of benzene rings is 1. The molecule has 5 nitrogen and oxygen atoms in total. The maximum absolute atomic E-state index is 12.2. The van der Waals surface area contributed by atoms with E-state index in [0.29, 0.717) is 18.2 Å². The summed E-state index contributed by atoms with van der Waals surface area (Å²) in [5.74, 6) is 0.820. The van der Waals surface area contributed by atoms with Gasteiger partial charge >= 0.3 is 0 Å². The number of hydrogen-bond acceptors (Lipinski definition) is 4. The third-order valence-electron chi connectivity index (χ3n) is 3.53. The molecule has 0 saturated heterocycles. The van der Waals surface area contributed by atoms with Gasteiger partial charge in [-0.2, -0.15) is 0 Å². The average molecular weight is 301 g/mol. The van der Waals surface area contributed by atoms with E-state index >= 15 is 0 Å². The van der Waals surface area contributed by atoms with Crippen LogP contribution < -0.4 is 5.32 Å². The molecule has 0 radical (unpaired) electrons. The van der Waals surface area contributed by atoms with Crippen LogP contribution in [-0.4, -0.2) is 22.6 Å². The fraction of sp³-hybridized carbons (Fsp3) is 0.471. The molecule has 0 spiro atoms. The molecular formula is C17H23N3O2. The number of aromatic nitrogens is 2. The largest absolute Gasteiger partial charge is 0.425 e. The average Bonchev–Trinajstić information content (AvgIpc) is 2.96. The second-order valence-electron chi connectivity index (χ2n) is 5.38. The smallest absolute Gasteiger partial charge is 0.224 e. The minimum atomic E-state index is -0.200. The summed E-state index contributed by atoms with van der Waals surface area (Å²) in [6.45, 7) is 4.62. The Morgan fingerprint density at radius 1 is 1.23 bits per heavy atom. The highest BCUT2D eigenvalue weighted by Crippen LogP contribution is 2.26. The number of nitrogens with zero attached hydrogens (tertiary/aromatic N) is 2. The van der Waals surface area contributed by atoms with Gasteiger partial charge < -0.3 is 9.73 Å². The summed E-state index contributed by atoms with van der Waals surface area (Å²) in [5, 5.41) is 10.9. The maximum atomic E-state index is 12.2. The van der Waals surface area contributed by atoms with Gasteiger partial charge in [0.15, 0.2) is 0 Å². The monoisotopic (exact) mass is 301 g/mol. The number of rotatable bonds is 8. The number of amides is 1. The fourth-order valence-electron chi connectivity index (χ4n) is 2.35. The summed E-state index contributed by atoms with van der Waals surface area (Å²) in [7, 11) is 0. The molecule has 1 atom stereocenters. The van der Waals surface area contributed by atoms with Gasteiger partial charge in [-0.1, -0.05) is 50.1 Å². The maximum Gasteiger partial charge on any atom is 0.224 e. The van der Waals surface area contributed by atoms with E-state index in [1.807, 2.05) is 30.3 Å². The van der Waals surface area contributed by atoms with Crippen LogP contribution in [0.4, 0.5) is 0 Å². The summed E-state index contributed by atoms with van der Waals surface area (Å²) < 4.78 is 5.54. The first-order valence-corrected chi connectivity index (χ1v) is 7.82. The Labute approximate surface area is 131 Å². The van der Waals surface area contributed by atoms with Crippen molar-refractivity contribution in [2.45, 2.75) is 45.4 Å². The lowest BCUT2D eigenvalue weighted by molar-refractivity contribution is -0.121. The van der Waals surface area contributed by atoms with Gasteiger partial charge in [0.2, 0.25) is 17.7 Å². The first kappa shape index (κ1) is 16.2. The summed E-state index contributed by atoms with van der Waals surface area (Å²) in [6.07, 6.45) is 3.60. The molecule has 1 heterocycles. The predicted molar refractivity (Wildman–Crippen MR) is 84.5 cm³/mol. The molecule has 0 fully saturated rings. The molecule has 22 heavy (non-hydrogen) atoms. The number of nitrogens with one attached hydrogen (secondary N) is 1. The van der Waals surface area contributed by atoms with E-state index in [2.05, 4.69) is 22.4 Å². The molecule has 1 aromatic carbocycles. The molecule has 0 bridgehead atoms. The quantitative estimate of drug-likeness (QED) is 0.760. The van der Waals surface area contributed by atoms with Crippen molar-refractivity contribution in [1.82, 2.24) is 15.5 Å². The molecule has 2 aromatic rings. The third kappa shape index (κ3) is 4.69. The summed E-state index contributed by atoms with van der Waals surface area (Å²) in [4.78, 5) is 12.2. The van der Waals surface area contributed by atoms with Crippen molar-refractivity contribution in [3.05, 3.63) is 47.7 Å². The normalized spacial score (nSPS) is 12.1. The molecule has 2 rings (SSSR count). The van der Waals surface area contributed by atoms with Crippen molar-refractivity contribution in [3.8, 4) is 0 Å². The Kier molecular flexibility index (Phi) is 6.13. The molecule has 0 aliphatic heterocycles. The van der Waals surface area contributed by atoms with Crippen LogP contribution in [0.3, 0.4) is 0 Å². The van der Waals surface area contributed by atoms with E-state index in [1.165, 1.54) is 0 Å². The third-order valence-corrected chi connectivity index (χ3v) is 3.53. The topological polar surface area (TPSA) is 68.0 Å². The van der Waals surface area contributed by atoms with Gasteiger partial charge in [-0.05, 0) is 12.0 Å². The minimum absolute atomic E-state index is 0.0146. The highest BCUT2D eigenvalue weighted by molar-refractivity contribution is 5.77. The van der Waals surface area contributed by atoms with Crippen LogP contribution in [-0.2, 0) is 4.79 Å². The molecule has 1 unspecified atom stereocenters. The summed E-state index contributed by atoms with van der Waals surface area (Å²) >= 11 is 0. The van der Waals surface area contributed by atoms with Gasteiger partial charge in [-0.15, -0.1) is 10.2 Å². The van der Waals surface area contributed by atoms with Gasteiger partial charge in [0.25, 0.3) is 0 Å². The van der Waals surface area contributed by atoms with Crippen LogP contribution >= 0.6 is 0 Å². The number of carbonyl (C=O) groups is 1. The molecule has 0 aliphatic rings. The van der Waals surface area contributed by atoms with Crippen LogP contribution in [0.2, 0.25) is 0 Å². The Bertz CT molecular complexity index is 581. The molecule has 1 amide bonds. The van der Waals surface area contributed by atoms with E-state index < -0.39 is 0 Å². The lowest BCUT2D eigenvalue weighted by atomic mass is 9.95. The van der Waals surface area contributed by atoms with Gasteiger partial charge in [0.1, 0.15) is 0 Å². The Morgan fingerprint density at radius 3 is 2.64 bits per heavy atom. The van der Waals surface area contributed by atoms with E-state index in [-0.39, 0.29) is 11.8 Å². The van der Waals surface area contributed by atoms with Gasteiger partial charge in [-0.3, -0.25) is 4.79 Å². The van der Waals surface area contributed by atoms with Gasteiger partial charge in [0, 0.05) is 19.9 Å². The van der Waals surface area contributed by atoms with Crippen LogP contribution in [0.5, 0.6) is 0 Å². The predicted octanol–water partition coefficient (Wildman–Crippen LogP) is 3.21. The molecule has 1 aromatic heterocycles. The van der Waals surface area contributed by atoms with E-state index in [9.17, 15) is 4.79 Å². The Hall–Kier alpha value is -2.17. The zero-order valence-corrected chi connectivity index (χ0v) is 13.2. The molecule has 0 aliphatic carbocycles. The number of carbonyl (C=O) groups excluding carboxylic acids is 1. The van der Waals surface area contributed by atoms with Crippen molar-refractivity contribution in [1.29, 1.82) is 0 Å².